The van der Waals surface area contributed by atoms with E-state index in [1.165, 1.54) is 10.5 Å². The van der Waals surface area contributed by atoms with E-state index in [1.54, 1.807) is 0 Å². The summed E-state index contributed by atoms with van der Waals surface area (Å²) in [6.45, 7) is 11.1. The number of hydrogen-bond acceptors (Lipinski definition) is 4. The predicted octanol–water partition coefficient (Wildman–Crippen LogP) is 2.74. The van der Waals surface area contributed by atoms with Gasteiger partial charge in [0.15, 0.2) is 5.41 Å². The number of fused-ring (bicyclic) bond motifs is 1. The van der Waals surface area contributed by atoms with Crippen LogP contribution in [0.5, 0.6) is 0 Å². The number of likely N-dealkylation sites (N-methyl/N-ethyl adjacent to an activating group) is 1. The summed E-state index contributed by atoms with van der Waals surface area (Å²) in [7, 11) is 0. The molecule has 2 unspecified atom stereocenters. The molecule has 3 rings (SSSR count). The minimum Gasteiger partial charge on any atom is -0.331 e. The van der Waals surface area contributed by atoms with Gasteiger partial charge in [0.25, 0.3) is 0 Å². The summed E-state index contributed by atoms with van der Waals surface area (Å²) in [4.78, 5) is 1.37. The molecule has 4 atom stereocenters. The van der Waals surface area contributed by atoms with E-state index >= 15 is 0 Å². The lowest BCUT2D eigenvalue weighted by Crippen LogP contribution is -3.13. The van der Waals surface area contributed by atoms with Crippen LogP contribution in [0.15, 0.2) is 35.9 Å². The topological polar surface area (TPSA) is 99.7 Å². The Morgan fingerprint density at radius 3 is 2.24 bits per heavy atom. The first-order valence-corrected chi connectivity index (χ1v) is 10.2. The van der Waals surface area contributed by atoms with Gasteiger partial charge in [0.05, 0.1) is 43.6 Å². The molecule has 0 saturated heterocycles. The van der Waals surface area contributed by atoms with Crippen molar-refractivity contribution < 1.29 is 4.90 Å². The number of rotatable bonds is 2. The molecule has 1 aromatic carbocycles. The van der Waals surface area contributed by atoms with Crippen molar-refractivity contribution in [3.8, 4) is 18.2 Å². The Hall–Kier alpha value is -2.94. The second-order valence-corrected chi connectivity index (χ2v) is 9.18. The summed E-state index contributed by atoms with van der Waals surface area (Å²) in [5, 5.41) is 38.7. The van der Waals surface area contributed by atoms with Crippen LogP contribution in [0, 0.1) is 56.7 Å². The number of nitrogens with one attached hydrogen (secondary N) is 2. The first-order chi connectivity index (χ1) is 13.7. The number of nitriles is 3. The van der Waals surface area contributed by atoms with Crippen LogP contribution in [0.1, 0.15) is 44.7 Å². The number of benzene rings is 1. The third-order valence-corrected chi connectivity index (χ3v) is 6.60. The van der Waals surface area contributed by atoms with Gasteiger partial charge in [-0.1, -0.05) is 45.0 Å². The van der Waals surface area contributed by atoms with Crippen molar-refractivity contribution in [3.63, 3.8) is 0 Å². The molecule has 0 aromatic heterocycles. The molecule has 0 spiro atoms. The molecule has 1 saturated carbocycles. The van der Waals surface area contributed by atoms with Gasteiger partial charge in [-0.2, -0.15) is 15.8 Å². The average molecular weight is 387 g/mol. The van der Waals surface area contributed by atoms with Crippen molar-refractivity contribution in [2.24, 2.45) is 17.3 Å². The van der Waals surface area contributed by atoms with E-state index < -0.39 is 17.3 Å². The van der Waals surface area contributed by atoms with Gasteiger partial charge < -0.3 is 10.3 Å². The Morgan fingerprint density at radius 1 is 1.14 bits per heavy atom. The Morgan fingerprint density at radius 2 is 1.76 bits per heavy atom. The van der Waals surface area contributed by atoms with Crippen molar-refractivity contribution in [2.45, 2.75) is 39.0 Å². The van der Waals surface area contributed by atoms with Crippen LogP contribution in [-0.4, -0.2) is 25.3 Å². The van der Waals surface area contributed by atoms with Crippen molar-refractivity contribution >= 4 is 5.71 Å². The largest absolute Gasteiger partial charge is 0.331 e. The van der Waals surface area contributed by atoms with Crippen LogP contribution in [-0.2, 0) is 5.41 Å². The van der Waals surface area contributed by atoms with Gasteiger partial charge >= 0.3 is 0 Å². The quantitative estimate of drug-likeness (QED) is 0.764. The average Bonchev–Trinajstić information content (AvgIpc) is 2.72. The maximum atomic E-state index is 10.1. The van der Waals surface area contributed by atoms with E-state index in [4.69, 9.17) is 5.41 Å². The summed E-state index contributed by atoms with van der Waals surface area (Å²) < 4.78 is 0. The Labute approximate surface area is 173 Å². The first-order valence-electron chi connectivity index (χ1n) is 10.2. The summed E-state index contributed by atoms with van der Waals surface area (Å²) in [5.41, 5.74) is 1.31. The highest BCUT2D eigenvalue weighted by molar-refractivity contribution is 6.00. The number of quaternary nitrogens is 1. The van der Waals surface area contributed by atoms with Gasteiger partial charge in [0.1, 0.15) is 5.92 Å². The highest BCUT2D eigenvalue weighted by atomic mass is 15.1. The fraction of sp³-hybridized carbons (Fsp3) is 0.500. The first kappa shape index (κ1) is 20.8. The van der Waals surface area contributed by atoms with Gasteiger partial charge in [0.2, 0.25) is 0 Å². The minimum atomic E-state index is -1.62. The van der Waals surface area contributed by atoms with E-state index in [2.05, 4.69) is 64.1 Å². The van der Waals surface area contributed by atoms with Crippen molar-refractivity contribution in [1.29, 1.82) is 21.2 Å². The maximum absolute atomic E-state index is 10.1. The van der Waals surface area contributed by atoms with Gasteiger partial charge in [-0.15, -0.1) is 0 Å². The Bertz CT molecular complexity index is 945. The lowest BCUT2D eigenvalue weighted by Gasteiger charge is -2.46. The van der Waals surface area contributed by atoms with Crippen molar-refractivity contribution in [3.05, 3.63) is 47.0 Å². The minimum absolute atomic E-state index is 0.00428. The molecule has 2 aliphatic rings. The number of hydrogen-bond donors (Lipinski definition) is 2. The Kier molecular flexibility index (Phi) is 5.36. The Balaban J connectivity index is 2.20. The van der Waals surface area contributed by atoms with Crippen LogP contribution >= 0.6 is 0 Å². The van der Waals surface area contributed by atoms with Crippen LogP contribution in [0.3, 0.4) is 0 Å². The molecular formula is C24H28N5+. The van der Waals surface area contributed by atoms with Crippen LogP contribution < -0.4 is 4.90 Å². The summed E-state index contributed by atoms with van der Waals surface area (Å²) in [6.07, 6.45) is 2.07. The highest BCUT2D eigenvalue weighted by Crippen LogP contribution is 2.52. The smallest absolute Gasteiger partial charge is 0.189 e. The summed E-state index contributed by atoms with van der Waals surface area (Å²) >= 11 is 0. The zero-order valence-corrected chi connectivity index (χ0v) is 17.6. The molecule has 1 aliphatic heterocycles. The second kappa shape index (κ2) is 7.47. The van der Waals surface area contributed by atoms with Crippen LogP contribution in [0.4, 0.5) is 0 Å². The molecule has 0 amide bonds. The fourth-order valence-electron chi connectivity index (χ4n) is 4.82. The third-order valence-electron chi connectivity index (χ3n) is 6.60. The molecule has 1 aliphatic carbocycles. The van der Waals surface area contributed by atoms with Gasteiger partial charge in [0, 0.05) is 11.8 Å². The zero-order valence-electron chi connectivity index (χ0n) is 17.6. The van der Waals surface area contributed by atoms with E-state index in [-0.39, 0.29) is 17.0 Å². The SMILES string of the molecule is CC[NH+]1CC=C2C(C#N)C(=N)C(C#N)(C#N)[C@@H](c3ccc(C(C)(C)C)cc3)[C@H]2C1. The fourth-order valence-corrected chi connectivity index (χ4v) is 4.82. The molecule has 2 N–H and O–H groups in total. The molecule has 1 heterocycles. The predicted molar refractivity (Wildman–Crippen MR) is 111 cm³/mol. The van der Waals surface area contributed by atoms with E-state index in [1.807, 2.05) is 12.1 Å². The molecule has 5 heteroatoms. The van der Waals surface area contributed by atoms with E-state index in [9.17, 15) is 15.8 Å². The van der Waals surface area contributed by atoms with Gasteiger partial charge in [-0.25, -0.2) is 0 Å². The highest BCUT2D eigenvalue weighted by Gasteiger charge is 2.58. The molecule has 1 aromatic rings. The van der Waals surface area contributed by atoms with Gasteiger partial charge in [-0.05, 0) is 35.1 Å². The molecule has 1 fully saturated rings. The molecule has 5 nitrogen and oxygen atoms in total. The van der Waals surface area contributed by atoms with E-state index in [0.29, 0.717) is 0 Å². The zero-order chi connectivity index (χ0) is 21.4. The molecule has 29 heavy (non-hydrogen) atoms. The standard InChI is InChI=1S/C24H27N5/c1-5-29-11-10-18-19(12-25)22(28)24(14-26,15-27)21(20(18)13-29)16-6-8-17(9-7-16)23(2,3)4/h6-10,19-21,28H,5,11,13H2,1-4H3/p+1/t19?,20-,21-/m0/s1. The van der Waals surface area contributed by atoms with Crippen molar-refractivity contribution in [1.82, 2.24) is 0 Å². The molecule has 0 bridgehead atoms. The molecular weight excluding hydrogens is 358 g/mol. The second-order valence-electron chi connectivity index (χ2n) is 9.18. The monoisotopic (exact) mass is 386 g/mol. The van der Waals surface area contributed by atoms with Gasteiger partial charge in [-0.3, -0.25) is 0 Å². The van der Waals surface area contributed by atoms with Crippen LogP contribution in [0.2, 0.25) is 0 Å². The normalized spacial score (nSPS) is 28.3. The van der Waals surface area contributed by atoms with E-state index in [0.717, 1.165) is 30.8 Å². The van der Waals surface area contributed by atoms with Crippen LogP contribution in [0.25, 0.3) is 0 Å². The summed E-state index contributed by atoms with van der Waals surface area (Å²) in [6, 6.07) is 14.7. The lowest BCUT2D eigenvalue weighted by atomic mass is 9.54. The maximum Gasteiger partial charge on any atom is 0.189 e. The third kappa shape index (κ3) is 3.25. The lowest BCUT2D eigenvalue weighted by molar-refractivity contribution is -0.897. The summed E-state index contributed by atoms with van der Waals surface area (Å²) in [5.74, 6) is -1.34. The number of nitrogens with zero attached hydrogens (tertiary/aromatic N) is 3. The van der Waals surface area contributed by atoms with Crippen molar-refractivity contribution in [2.75, 3.05) is 19.6 Å². The molecule has 0 radical (unpaired) electrons. The molecule has 148 valence electrons.